The third kappa shape index (κ3) is 3.03. The summed E-state index contributed by atoms with van der Waals surface area (Å²) in [5.74, 6) is 1.41. The first-order chi connectivity index (χ1) is 13.7. The summed E-state index contributed by atoms with van der Waals surface area (Å²) in [5, 5.41) is 0. The van der Waals surface area contributed by atoms with E-state index in [4.69, 9.17) is 4.74 Å². The van der Waals surface area contributed by atoms with Crippen LogP contribution in [0, 0.1) is 0 Å². The zero-order valence-corrected chi connectivity index (χ0v) is 16.0. The van der Waals surface area contributed by atoms with Crippen LogP contribution in [0.4, 0.5) is 0 Å². The molecule has 1 saturated carbocycles. The van der Waals surface area contributed by atoms with Crippen molar-refractivity contribution in [3.8, 4) is 5.75 Å². The summed E-state index contributed by atoms with van der Waals surface area (Å²) in [6, 6.07) is 10.6. The number of imidazole rings is 1. The average Bonchev–Trinajstić information content (AvgIpc) is 3.52. The normalized spacial score (nSPS) is 17.8. The smallest absolute Gasteiger partial charge is 0.255 e. The molecule has 5 rings (SSSR count). The van der Waals surface area contributed by atoms with E-state index in [0.29, 0.717) is 17.5 Å². The van der Waals surface area contributed by atoms with Crippen molar-refractivity contribution in [1.82, 2.24) is 19.4 Å². The number of hydrogen-bond acceptors (Lipinski definition) is 4. The molecule has 2 aliphatic rings. The number of rotatable bonds is 4. The number of amides is 1. The van der Waals surface area contributed by atoms with E-state index in [2.05, 4.69) is 26.7 Å². The minimum absolute atomic E-state index is 0.0499. The highest BCUT2D eigenvalue weighted by Gasteiger charge is 2.28. The molecule has 1 aliphatic heterocycles. The summed E-state index contributed by atoms with van der Waals surface area (Å²) in [5.41, 5.74) is 3.56. The van der Waals surface area contributed by atoms with Crippen molar-refractivity contribution < 1.29 is 9.53 Å². The third-order valence-electron chi connectivity index (χ3n) is 5.96. The Kier molecular flexibility index (Phi) is 4.26. The van der Waals surface area contributed by atoms with Crippen molar-refractivity contribution in [1.29, 1.82) is 0 Å². The predicted octanol–water partition coefficient (Wildman–Crippen LogP) is 3.79. The highest BCUT2D eigenvalue weighted by atomic mass is 16.5. The van der Waals surface area contributed by atoms with Crippen molar-refractivity contribution in [3.63, 3.8) is 0 Å². The number of nitrogens with zero attached hydrogens (tertiary/aromatic N) is 4. The second-order valence-electron chi connectivity index (χ2n) is 7.76. The van der Waals surface area contributed by atoms with Gasteiger partial charge in [0.25, 0.3) is 5.91 Å². The highest BCUT2D eigenvalue weighted by Crippen LogP contribution is 2.37. The number of para-hydroxylation sites is 1. The Morgan fingerprint density at radius 1 is 1.11 bits per heavy atom. The topological polar surface area (TPSA) is 60.2 Å². The number of fused-ring (bicyclic) bond motifs is 1. The van der Waals surface area contributed by atoms with Gasteiger partial charge in [-0.05, 0) is 49.3 Å². The summed E-state index contributed by atoms with van der Waals surface area (Å²) < 4.78 is 7.64. The third-order valence-corrected chi connectivity index (χ3v) is 5.96. The molecule has 6 nitrogen and oxygen atoms in total. The van der Waals surface area contributed by atoms with Gasteiger partial charge in [-0.1, -0.05) is 18.2 Å². The second-order valence-corrected chi connectivity index (χ2v) is 7.76. The first kappa shape index (κ1) is 17.2. The Labute approximate surface area is 164 Å². The summed E-state index contributed by atoms with van der Waals surface area (Å²) in [6.07, 6.45) is 7.82. The van der Waals surface area contributed by atoms with E-state index in [-0.39, 0.29) is 5.91 Å². The lowest BCUT2D eigenvalue weighted by atomic mass is 9.88. The van der Waals surface area contributed by atoms with Crippen molar-refractivity contribution in [2.24, 2.45) is 0 Å². The fourth-order valence-corrected chi connectivity index (χ4v) is 4.24. The van der Waals surface area contributed by atoms with Gasteiger partial charge in [0.1, 0.15) is 11.3 Å². The van der Waals surface area contributed by atoms with Gasteiger partial charge in [-0.2, -0.15) is 0 Å². The number of carbonyl (C=O) groups excluding carboxylic acids is 1. The minimum Gasteiger partial charge on any atom is -0.496 e. The number of piperidine rings is 1. The molecule has 1 saturated heterocycles. The van der Waals surface area contributed by atoms with Crippen molar-refractivity contribution in [2.75, 3.05) is 20.2 Å². The molecule has 144 valence electrons. The lowest BCUT2D eigenvalue weighted by molar-refractivity contribution is 0.0712. The van der Waals surface area contributed by atoms with Gasteiger partial charge in [-0.25, -0.2) is 9.97 Å². The number of pyridine rings is 1. The van der Waals surface area contributed by atoms with Crippen LogP contribution in [-0.2, 0) is 0 Å². The maximum absolute atomic E-state index is 13.0. The van der Waals surface area contributed by atoms with Crippen LogP contribution >= 0.6 is 0 Å². The van der Waals surface area contributed by atoms with Gasteiger partial charge in [0.2, 0.25) is 0 Å². The Bertz CT molecular complexity index is 1020. The van der Waals surface area contributed by atoms with E-state index >= 15 is 0 Å². The molecule has 2 aromatic heterocycles. The maximum Gasteiger partial charge on any atom is 0.255 e. The number of ether oxygens (including phenoxy) is 1. The number of carbonyl (C=O) groups is 1. The molecule has 3 aromatic rings. The number of likely N-dealkylation sites (tertiary alicyclic amines) is 1. The largest absolute Gasteiger partial charge is 0.496 e. The molecule has 0 bridgehead atoms. The van der Waals surface area contributed by atoms with Gasteiger partial charge in [0, 0.05) is 25.3 Å². The molecule has 28 heavy (non-hydrogen) atoms. The van der Waals surface area contributed by atoms with Crippen LogP contribution in [0.1, 0.15) is 53.6 Å². The summed E-state index contributed by atoms with van der Waals surface area (Å²) >= 11 is 0. The zero-order valence-electron chi connectivity index (χ0n) is 16.0. The van der Waals surface area contributed by atoms with Crippen molar-refractivity contribution >= 4 is 17.1 Å². The molecule has 1 amide bonds. The Hall–Kier alpha value is -2.89. The summed E-state index contributed by atoms with van der Waals surface area (Å²) in [6.45, 7) is 1.49. The second kappa shape index (κ2) is 6.93. The van der Waals surface area contributed by atoms with Gasteiger partial charge in [-0.15, -0.1) is 0 Å². The van der Waals surface area contributed by atoms with E-state index in [1.54, 1.807) is 13.3 Å². The van der Waals surface area contributed by atoms with E-state index in [1.165, 1.54) is 18.4 Å². The van der Waals surface area contributed by atoms with Crippen LogP contribution < -0.4 is 4.74 Å². The standard InChI is InChI=1S/C22H24N4O2/c1-28-20-5-3-2-4-18(20)15-8-10-25(11-9-15)22(27)16-12-19-21(23-13-16)26(14-24-19)17-6-7-17/h2-5,12-15,17H,6-11H2,1H3. The molecule has 0 unspecified atom stereocenters. The molecule has 0 atom stereocenters. The number of methoxy groups -OCH3 is 1. The Morgan fingerprint density at radius 3 is 2.64 bits per heavy atom. The molecular formula is C22H24N4O2. The highest BCUT2D eigenvalue weighted by molar-refractivity contribution is 5.96. The monoisotopic (exact) mass is 376 g/mol. The average molecular weight is 376 g/mol. The van der Waals surface area contributed by atoms with Crippen LogP contribution in [0.15, 0.2) is 42.9 Å². The molecular weight excluding hydrogens is 352 g/mol. The fourth-order valence-electron chi connectivity index (χ4n) is 4.24. The first-order valence-electron chi connectivity index (χ1n) is 9.99. The molecule has 1 aromatic carbocycles. The molecule has 0 spiro atoms. The van der Waals surface area contributed by atoms with Gasteiger partial charge in [0.15, 0.2) is 5.65 Å². The predicted molar refractivity (Wildman–Crippen MR) is 107 cm³/mol. The molecule has 2 fully saturated rings. The maximum atomic E-state index is 13.0. The molecule has 0 radical (unpaired) electrons. The van der Waals surface area contributed by atoms with Crippen LogP contribution in [0.5, 0.6) is 5.75 Å². The van der Waals surface area contributed by atoms with Crippen LogP contribution in [0.2, 0.25) is 0 Å². The zero-order chi connectivity index (χ0) is 19.1. The van der Waals surface area contributed by atoms with Crippen LogP contribution in [0.3, 0.4) is 0 Å². The first-order valence-corrected chi connectivity index (χ1v) is 9.99. The van der Waals surface area contributed by atoms with Gasteiger partial charge < -0.3 is 14.2 Å². The summed E-state index contributed by atoms with van der Waals surface area (Å²) in [4.78, 5) is 23.9. The van der Waals surface area contributed by atoms with Gasteiger partial charge >= 0.3 is 0 Å². The quantitative estimate of drug-likeness (QED) is 0.695. The number of hydrogen-bond donors (Lipinski definition) is 0. The van der Waals surface area contributed by atoms with Crippen LogP contribution in [-0.4, -0.2) is 45.5 Å². The van der Waals surface area contributed by atoms with E-state index < -0.39 is 0 Å². The SMILES string of the molecule is COc1ccccc1C1CCN(C(=O)c2cnc3c(c2)ncn3C2CC2)CC1. The minimum atomic E-state index is 0.0499. The van der Waals surface area contributed by atoms with Gasteiger partial charge in [0.05, 0.1) is 19.0 Å². The lowest BCUT2D eigenvalue weighted by Gasteiger charge is -2.32. The fraction of sp³-hybridized carbons (Fsp3) is 0.409. The summed E-state index contributed by atoms with van der Waals surface area (Å²) in [7, 11) is 1.71. The van der Waals surface area contributed by atoms with Crippen molar-refractivity contribution in [2.45, 2.75) is 37.6 Å². The molecule has 1 aliphatic carbocycles. The number of aromatic nitrogens is 3. The Balaban J connectivity index is 1.30. The lowest BCUT2D eigenvalue weighted by Crippen LogP contribution is -2.38. The molecule has 6 heteroatoms. The van der Waals surface area contributed by atoms with E-state index in [9.17, 15) is 4.79 Å². The Morgan fingerprint density at radius 2 is 1.89 bits per heavy atom. The van der Waals surface area contributed by atoms with E-state index in [0.717, 1.165) is 42.8 Å². The number of benzene rings is 1. The molecule has 0 N–H and O–H groups in total. The van der Waals surface area contributed by atoms with Gasteiger partial charge in [-0.3, -0.25) is 4.79 Å². The van der Waals surface area contributed by atoms with Crippen molar-refractivity contribution in [3.05, 3.63) is 54.0 Å². The van der Waals surface area contributed by atoms with Crippen LogP contribution in [0.25, 0.3) is 11.2 Å². The van der Waals surface area contributed by atoms with E-state index in [1.807, 2.05) is 29.4 Å². The molecule has 3 heterocycles.